The van der Waals surface area contributed by atoms with Gasteiger partial charge in [0.15, 0.2) is 0 Å². The summed E-state index contributed by atoms with van der Waals surface area (Å²) in [6, 6.07) is 4.01. The molecule has 0 unspecified atom stereocenters. The Hall–Kier alpha value is -1.33. The quantitative estimate of drug-likeness (QED) is 0.850. The Kier molecular flexibility index (Phi) is 4.04. The van der Waals surface area contributed by atoms with Crippen molar-refractivity contribution in [3.8, 4) is 0 Å². The van der Waals surface area contributed by atoms with Crippen LogP contribution >= 0.6 is 11.6 Å². The Morgan fingerprint density at radius 3 is 2.61 bits per heavy atom. The lowest BCUT2D eigenvalue weighted by atomic mass is 10.3. The number of halogens is 2. The van der Waals surface area contributed by atoms with Crippen LogP contribution in [0.5, 0.6) is 0 Å². The lowest BCUT2D eigenvalue weighted by Crippen LogP contribution is -2.48. The topological polar surface area (TPSA) is 35.6 Å². The summed E-state index contributed by atoms with van der Waals surface area (Å²) in [5.41, 5.74) is 0.0445. The van der Waals surface area contributed by atoms with E-state index in [-0.39, 0.29) is 16.7 Å². The monoisotopic (exact) mass is 271 g/mol. The molecule has 1 aromatic carbocycles. The van der Waals surface area contributed by atoms with Crippen LogP contribution in [0.25, 0.3) is 0 Å². The molecule has 6 heteroatoms. The fourth-order valence-corrected chi connectivity index (χ4v) is 2.02. The molecular formula is C12H15ClFN3O. The minimum atomic E-state index is -0.523. The zero-order valence-corrected chi connectivity index (χ0v) is 10.9. The summed E-state index contributed by atoms with van der Waals surface area (Å²) in [4.78, 5) is 15.7. The third kappa shape index (κ3) is 2.91. The molecule has 98 valence electrons. The van der Waals surface area contributed by atoms with Gasteiger partial charge in [0.1, 0.15) is 5.82 Å². The van der Waals surface area contributed by atoms with Crippen molar-refractivity contribution in [1.82, 2.24) is 9.80 Å². The van der Waals surface area contributed by atoms with Gasteiger partial charge in [0.25, 0.3) is 0 Å². The maximum absolute atomic E-state index is 13.5. The minimum Gasteiger partial charge on any atom is -0.322 e. The predicted molar refractivity (Wildman–Crippen MR) is 69.5 cm³/mol. The van der Waals surface area contributed by atoms with Crippen molar-refractivity contribution < 1.29 is 9.18 Å². The van der Waals surface area contributed by atoms with Crippen LogP contribution in [-0.4, -0.2) is 49.1 Å². The maximum Gasteiger partial charge on any atom is 0.322 e. The predicted octanol–water partition coefficient (Wildman–Crippen LogP) is 2.26. The van der Waals surface area contributed by atoms with Gasteiger partial charge in [-0.15, -0.1) is 0 Å². The fourth-order valence-electron chi connectivity index (χ4n) is 1.81. The number of hydrogen-bond donors (Lipinski definition) is 1. The number of piperazine rings is 1. The van der Waals surface area contributed by atoms with Crippen LogP contribution in [0.4, 0.5) is 14.9 Å². The van der Waals surface area contributed by atoms with Gasteiger partial charge >= 0.3 is 6.03 Å². The van der Waals surface area contributed by atoms with Gasteiger partial charge in [-0.05, 0) is 19.2 Å². The molecule has 0 spiro atoms. The molecule has 4 nitrogen and oxygen atoms in total. The molecule has 2 amide bonds. The fraction of sp³-hybridized carbons (Fsp3) is 0.417. The highest BCUT2D eigenvalue weighted by atomic mass is 35.5. The van der Waals surface area contributed by atoms with Crippen LogP contribution in [-0.2, 0) is 0 Å². The summed E-state index contributed by atoms with van der Waals surface area (Å²) >= 11 is 5.85. The first-order chi connectivity index (χ1) is 8.58. The van der Waals surface area contributed by atoms with E-state index in [1.54, 1.807) is 11.0 Å². The molecule has 0 radical (unpaired) electrons. The molecule has 1 aliphatic rings. The van der Waals surface area contributed by atoms with Gasteiger partial charge in [-0.2, -0.15) is 0 Å². The molecule has 1 aromatic rings. The molecule has 0 aromatic heterocycles. The first-order valence-corrected chi connectivity index (χ1v) is 6.14. The van der Waals surface area contributed by atoms with Crippen LogP contribution in [0.1, 0.15) is 0 Å². The number of nitrogens with one attached hydrogen (secondary N) is 1. The van der Waals surface area contributed by atoms with Crippen molar-refractivity contribution in [3.05, 3.63) is 29.0 Å². The van der Waals surface area contributed by atoms with E-state index in [2.05, 4.69) is 10.2 Å². The average Bonchev–Trinajstić information content (AvgIpc) is 2.34. The molecule has 0 atom stereocenters. The smallest absolute Gasteiger partial charge is 0.322 e. The molecule has 18 heavy (non-hydrogen) atoms. The molecule has 0 saturated carbocycles. The lowest BCUT2D eigenvalue weighted by Gasteiger charge is -2.32. The number of amides is 2. The number of para-hydroxylation sites is 1. The largest absolute Gasteiger partial charge is 0.322 e. The molecule has 1 N–H and O–H groups in total. The molecule has 1 aliphatic heterocycles. The second-order valence-corrected chi connectivity index (χ2v) is 4.72. The number of carbonyl (C=O) groups excluding carboxylic acids is 1. The van der Waals surface area contributed by atoms with Crippen molar-refractivity contribution in [2.45, 2.75) is 0 Å². The van der Waals surface area contributed by atoms with Crippen LogP contribution in [0.15, 0.2) is 18.2 Å². The van der Waals surface area contributed by atoms with E-state index in [9.17, 15) is 9.18 Å². The molecule has 0 bridgehead atoms. The Morgan fingerprint density at radius 2 is 2.00 bits per heavy atom. The summed E-state index contributed by atoms with van der Waals surface area (Å²) in [7, 11) is 2.00. The second-order valence-electron chi connectivity index (χ2n) is 4.32. The van der Waals surface area contributed by atoms with Gasteiger partial charge in [-0.3, -0.25) is 0 Å². The highest BCUT2D eigenvalue weighted by Gasteiger charge is 2.20. The summed E-state index contributed by atoms with van der Waals surface area (Å²) in [5.74, 6) is -0.523. The van der Waals surface area contributed by atoms with Gasteiger partial charge in [0, 0.05) is 26.2 Å². The van der Waals surface area contributed by atoms with Gasteiger partial charge in [0.05, 0.1) is 10.7 Å². The van der Waals surface area contributed by atoms with Gasteiger partial charge < -0.3 is 15.1 Å². The summed E-state index contributed by atoms with van der Waals surface area (Å²) in [6.45, 7) is 2.90. The Morgan fingerprint density at radius 1 is 1.33 bits per heavy atom. The Bertz CT molecular complexity index is 427. The van der Waals surface area contributed by atoms with E-state index >= 15 is 0 Å². The van der Waals surface area contributed by atoms with E-state index in [0.717, 1.165) is 13.1 Å². The second kappa shape index (κ2) is 5.54. The third-order valence-electron chi connectivity index (χ3n) is 2.99. The van der Waals surface area contributed by atoms with Crippen molar-refractivity contribution in [2.24, 2.45) is 0 Å². The lowest BCUT2D eigenvalue weighted by molar-refractivity contribution is 0.164. The van der Waals surface area contributed by atoms with Crippen LogP contribution in [0, 0.1) is 5.82 Å². The summed E-state index contributed by atoms with van der Waals surface area (Å²) < 4.78 is 13.5. The highest BCUT2D eigenvalue weighted by molar-refractivity contribution is 6.33. The number of rotatable bonds is 1. The zero-order valence-electron chi connectivity index (χ0n) is 10.1. The number of urea groups is 1. The first-order valence-electron chi connectivity index (χ1n) is 5.76. The molecule has 1 fully saturated rings. The standard InChI is InChI=1S/C12H15ClFN3O/c1-16-5-7-17(8-6-16)12(18)15-11-9(13)3-2-4-10(11)14/h2-4H,5-8H2,1H3,(H,15,18). The molecule has 0 aliphatic carbocycles. The van der Waals surface area contributed by atoms with Crippen LogP contribution < -0.4 is 5.32 Å². The van der Waals surface area contributed by atoms with E-state index in [4.69, 9.17) is 11.6 Å². The third-order valence-corrected chi connectivity index (χ3v) is 3.30. The van der Waals surface area contributed by atoms with Crippen LogP contribution in [0.2, 0.25) is 5.02 Å². The number of benzene rings is 1. The summed E-state index contributed by atoms with van der Waals surface area (Å²) in [5, 5.41) is 2.73. The minimum absolute atomic E-state index is 0.0445. The van der Waals surface area contributed by atoms with E-state index in [0.29, 0.717) is 13.1 Å². The SMILES string of the molecule is CN1CCN(C(=O)Nc2c(F)cccc2Cl)CC1. The maximum atomic E-state index is 13.5. The summed E-state index contributed by atoms with van der Waals surface area (Å²) in [6.07, 6.45) is 0. The molecular weight excluding hydrogens is 257 g/mol. The van der Waals surface area contributed by atoms with Crippen molar-refractivity contribution in [1.29, 1.82) is 0 Å². The van der Waals surface area contributed by atoms with Crippen molar-refractivity contribution >= 4 is 23.3 Å². The molecule has 2 rings (SSSR count). The zero-order chi connectivity index (χ0) is 13.1. The van der Waals surface area contributed by atoms with Crippen LogP contribution in [0.3, 0.4) is 0 Å². The Labute approximate surface area is 110 Å². The van der Waals surface area contributed by atoms with E-state index in [1.807, 2.05) is 7.05 Å². The highest BCUT2D eigenvalue weighted by Crippen LogP contribution is 2.24. The number of anilines is 1. The van der Waals surface area contributed by atoms with Gasteiger partial charge in [0.2, 0.25) is 0 Å². The Balaban J connectivity index is 2.03. The van der Waals surface area contributed by atoms with Crippen molar-refractivity contribution in [2.75, 3.05) is 38.5 Å². The molecule has 1 heterocycles. The number of likely N-dealkylation sites (N-methyl/N-ethyl adjacent to an activating group) is 1. The number of hydrogen-bond acceptors (Lipinski definition) is 2. The van der Waals surface area contributed by atoms with E-state index in [1.165, 1.54) is 12.1 Å². The van der Waals surface area contributed by atoms with Gasteiger partial charge in [-0.25, -0.2) is 9.18 Å². The van der Waals surface area contributed by atoms with E-state index < -0.39 is 5.82 Å². The average molecular weight is 272 g/mol. The normalized spacial score (nSPS) is 16.7. The molecule has 1 saturated heterocycles. The van der Waals surface area contributed by atoms with Gasteiger partial charge in [-0.1, -0.05) is 17.7 Å². The first kappa shape index (κ1) is 13.1. The number of carbonyl (C=O) groups is 1. The van der Waals surface area contributed by atoms with Crippen molar-refractivity contribution in [3.63, 3.8) is 0 Å². The number of nitrogens with zero attached hydrogens (tertiary/aromatic N) is 2.